The van der Waals surface area contributed by atoms with Crippen LogP contribution in [0.15, 0.2) is 30.6 Å². The highest BCUT2D eigenvalue weighted by atomic mass is 35.5. The molecule has 2 fully saturated rings. The van der Waals surface area contributed by atoms with Gasteiger partial charge in [-0.1, -0.05) is 11.6 Å². The van der Waals surface area contributed by atoms with E-state index in [0.717, 1.165) is 19.1 Å². The Morgan fingerprint density at radius 3 is 2.53 bits per heavy atom. The van der Waals surface area contributed by atoms with Crippen LogP contribution in [0.1, 0.15) is 29.2 Å². The van der Waals surface area contributed by atoms with Gasteiger partial charge in [0.15, 0.2) is 0 Å². The van der Waals surface area contributed by atoms with Gasteiger partial charge in [-0.25, -0.2) is 13.2 Å². The lowest BCUT2D eigenvalue weighted by molar-refractivity contribution is -0.0771. The molecule has 160 valence electrons. The Bertz CT molecular complexity index is 1120. The number of carbonyl (C=O) groups is 2. The topological polar surface area (TPSA) is 134 Å². The monoisotopic (exact) mass is 453 g/mol. The van der Waals surface area contributed by atoms with Gasteiger partial charge in [-0.05, 0) is 31.0 Å². The van der Waals surface area contributed by atoms with Gasteiger partial charge >= 0.3 is 6.09 Å². The maximum atomic E-state index is 12.6. The second-order valence-corrected chi connectivity index (χ2v) is 10.2. The summed E-state index contributed by atoms with van der Waals surface area (Å²) < 4.78 is 26.9. The summed E-state index contributed by atoms with van der Waals surface area (Å²) in [5, 5.41) is 16.2. The number of hydrogen-bond donors (Lipinski definition) is 3. The zero-order valence-electron chi connectivity index (χ0n) is 16.0. The van der Waals surface area contributed by atoms with Crippen LogP contribution in [-0.2, 0) is 10.0 Å². The van der Waals surface area contributed by atoms with Crippen LogP contribution in [-0.4, -0.2) is 59.6 Å². The second kappa shape index (κ2) is 7.17. The summed E-state index contributed by atoms with van der Waals surface area (Å²) in [4.78, 5) is 24.9. The minimum Gasteiger partial charge on any atom is -0.465 e. The van der Waals surface area contributed by atoms with Crippen molar-refractivity contribution in [3.63, 3.8) is 0 Å². The normalized spacial score (nSPS) is 17.9. The highest BCUT2D eigenvalue weighted by Gasteiger charge is 2.54. The van der Waals surface area contributed by atoms with Crippen LogP contribution in [0.4, 0.5) is 16.2 Å². The molecule has 0 atom stereocenters. The number of amides is 2. The summed E-state index contributed by atoms with van der Waals surface area (Å²) in [5.74, 6) is -0.399. The molecule has 2 aliphatic rings. The third-order valence-electron chi connectivity index (χ3n) is 5.36. The van der Waals surface area contributed by atoms with Crippen molar-refractivity contribution in [3.05, 3.63) is 41.2 Å². The second-order valence-electron chi connectivity index (χ2n) is 7.97. The minimum atomic E-state index is -3.48. The average Bonchev–Trinajstić information content (AvgIpc) is 2.99. The molecule has 2 aromatic rings. The molecule has 1 aliphatic heterocycles. The molecule has 30 heavy (non-hydrogen) atoms. The van der Waals surface area contributed by atoms with E-state index in [1.807, 2.05) is 0 Å². The molecular formula is C18H20ClN5O5S. The zero-order valence-corrected chi connectivity index (χ0v) is 17.6. The summed E-state index contributed by atoms with van der Waals surface area (Å²) in [6.07, 6.45) is 4.90. The van der Waals surface area contributed by atoms with Crippen molar-refractivity contribution in [3.8, 4) is 0 Å². The molecule has 1 aliphatic carbocycles. The van der Waals surface area contributed by atoms with E-state index in [4.69, 9.17) is 16.7 Å². The number of anilines is 2. The van der Waals surface area contributed by atoms with Crippen molar-refractivity contribution in [2.75, 3.05) is 29.4 Å². The molecule has 1 saturated heterocycles. The number of likely N-dealkylation sites (tertiary alicyclic amines) is 1. The van der Waals surface area contributed by atoms with E-state index in [1.165, 1.54) is 29.3 Å². The van der Waals surface area contributed by atoms with Crippen LogP contribution in [0, 0.1) is 5.41 Å². The molecule has 12 heteroatoms. The van der Waals surface area contributed by atoms with Gasteiger partial charge in [0.1, 0.15) is 0 Å². The number of sulfonamides is 1. The Morgan fingerprint density at radius 2 is 1.90 bits per heavy atom. The molecule has 1 saturated carbocycles. The molecule has 1 spiro atoms. The lowest BCUT2D eigenvalue weighted by Gasteiger charge is -2.57. The third kappa shape index (κ3) is 4.21. The predicted octanol–water partition coefficient (Wildman–Crippen LogP) is 2.48. The highest BCUT2D eigenvalue weighted by molar-refractivity contribution is 7.92. The van der Waals surface area contributed by atoms with Gasteiger partial charge in [0.25, 0.3) is 5.91 Å². The van der Waals surface area contributed by atoms with Crippen LogP contribution < -0.4 is 10.0 Å². The molecule has 1 aromatic heterocycles. The van der Waals surface area contributed by atoms with Crippen molar-refractivity contribution < 1.29 is 23.1 Å². The average molecular weight is 454 g/mol. The number of rotatable bonds is 5. The molecule has 0 radical (unpaired) electrons. The summed E-state index contributed by atoms with van der Waals surface area (Å²) in [7, 11) is -3.48. The maximum Gasteiger partial charge on any atom is 0.407 e. The summed E-state index contributed by atoms with van der Waals surface area (Å²) in [6.45, 7) is 1.10. The van der Waals surface area contributed by atoms with Gasteiger partial charge in [-0.3, -0.25) is 14.2 Å². The van der Waals surface area contributed by atoms with Gasteiger partial charge < -0.3 is 15.3 Å². The van der Waals surface area contributed by atoms with E-state index in [9.17, 15) is 18.0 Å². The van der Waals surface area contributed by atoms with E-state index < -0.39 is 22.0 Å². The predicted molar refractivity (Wildman–Crippen MR) is 110 cm³/mol. The van der Waals surface area contributed by atoms with E-state index >= 15 is 0 Å². The van der Waals surface area contributed by atoms with E-state index in [0.29, 0.717) is 24.3 Å². The lowest BCUT2D eigenvalue weighted by Crippen LogP contribution is -2.63. The number of benzene rings is 1. The van der Waals surface area contributed by atoms with Gasteiger partial charge in [-0.2, -0.15) is 5.10 Å². The lowest BCUT2D eigenvalue weighted by atomic mass is 9.61. The summed E-state index contributed by atoms with van der Waals surface area (Å²) in [6, 6.07) is 4.56. The van der Waals surface area contributed by atoms with Crippen molar-refractivity contribution in [2.45, 2.75) is 18.9 Å². The van der Waals surface area contributed by atoms with Gasteiger partial charge in [-0.15, -0.1) is 0 Å². The Hall–Kier alpha value is -2.79. The number of nitrogens with zero attached hydrogens (tertiary/aromatic N) is 3. The zero-order chi connectivity index (χ0) is 21.7. The number of halogens is 1. The molecule has 2 heterocycles. The SMILES string of the molecule is CS(=O)(=O)Nc1cc(Cl)cc(NC(=O)c2cnn(C3CC4(C3)CN(C(=O)O)C4)c2)c1. The summed E-state index contributed by atoms with van der Waals surface area (Å²) in [5.41, 5.74) is 0.986. The minimum absolute atomic E-state index is 0.0429. The van der Waals surface area contributed by atoms with E-state index in [-0.39, 0.29) is 22.2 Å². The summed E-state index contributed by atoms with van der Waals surface area (Å²) >= 11 is 6.01. The van der Waals surface area contributed by atoms with Crippen molar-refractivity contribution in [2.24, 2.45) is 5.41 Å². The van der Waals surface area contributed by atoms with Crippen LogP contribution in [0.25, 0.3) is 0 Å². The number of carbonyl (C=O) groups excluding carboxylic acids is 1. The standard InChI is InChI=1S/C18H20ClN5O5S/c1-30(28,29)22-14-3-12(19)2-13(4-14)21-16(25)11-7-20-24(8-11)15-5-18(6-15)9-23(10-18)17(26)27/h2-4,7-8,15,22H,5-6,9-10H2,1H3,(H,21,25)(H,26,27). The Morgan fingerprint density at radius 1 is 1.23 bits per heavy atom. The van der Waals surface area contributed by atoms with E-state index in [2.05, 4.69) is 15.1 Å². The number of nitrogens with one attached hydrogen (secondary N) is 2. The Balaban J connectivity index is 1.38. The maximum absolute atomic E-state index is 12.6. The van der Waals surface area contributed by atoms with Crippen LogP contribution in [0.3, 0.4) is 0 Å². The van der Waals surface area contributed by atoms with Crippen LogP contribution in [0.5, 0.6) is 0 Å². The quantitative estimate of drug-likeness (QED) is 0.636. The molecule has 2 amide bonds. The number of hydrogen-bond acceptors (Lipinski definition) is 5. The van der Waals surface area contributed by atoms with Crippen molar-refractivity contribution in [1.82, 2.24) is 14.7 Å². The van der Waals surface area contributed by atoms with Crippen molar-refractivity contribution in [1.29, 1.82) is 0 Å². The molecule has 0 unspecified atom stereocenters. The van der Waals surface area contributed by atoms with Gasteiger partial charge in [0, 0.05) is 35.4 Å². The van der Waals surface area contributed by atoms with Gasteiger partial charge in [0.05, 0.1) is 29.7 Å². The fourth-order valence-electron chi connectivity index (χ4n) is 4.08. The molecule has 0 bridgehead atoms. The largest absolute Gasteiger partial charge is 0.465 e. The van der Waals surface area contributed by atoms with Gasteiger partial charge in [0.2, 0.25) is 10.0 Å². The Kier molecular flexibility index (Phi) is 4.89. The first kappa shape index (κ1) is 20.5. The van der Waals surface area contributed by atoms with Crippen LogP contribution in [0.2, 0.25) is 5.02 Å². The fraction of sp³-hybridized carbons (Fsp3) is 0.389. The number of aromatic nitrogens is 2. The van der Waals surface area contributed by atoms with Crippen LogP contribution >= 0.6 is 11.6 Å². The fourth-order valence-corrected chi connectivity index (χ4v) is 4.86. The molecule has 10 nitrogen and oxygen atoms in total. The third-order valence-corrected chi connectivity index (χ3v) is 6.18. The van der Waals surface area contributed by atoms with E-state index in [1.54, 1.807) is 10.9 Å². The first-order chi connectivity index (χ1) is 14.0. The molecule has 4 rings (SSSR count). The van der Waals surface area contributed by atoms with Crippen molar-refractivity contribution >= 4 is 45.0 Å². The first-order valence-electron chi connectivity index (χ1n) is 9.14. The molecule has 1 aromatic carbocycles. The molecular weight excluding hydrogens is 434 g/mol. The smallest absolute Gasteiger partial charge is 0.407 e. The highest BCUT2D eigenvalue weighted by Crippen LogP contribution is 2.53. The number of carboxylic acid groups (broad SMARTS) is 1. The Labute approximate surface area is 177 Å². The first-order valence-corrected chi connectivity index (χ1v) is 11.4. The molecule has 3 N–H and O–H groups in total.